The Morgan fingerprint density at radius 1 is 1.44 bits per heavy atom. The Labute approximate surface area is 113 Å². The number of amides is 1. The molecule has 1 heterocycles. The third kappa shape index (κ3) is 3.16. The normalized spacial score (nSPS) is 19.0. The van der Waals surface area contributed by atoms with E-state index in [0.29, 0.717) is 6.61 Å². The predicted octanol–water partition coefficient (Wildman–Crippen LogP) is 3.50. The molecule has 1 aromatic carbocycles. The van der Waals surface area contributed by atoms with E-state index in [1.54, 1.807) is 0 Å². The summed E-state index contributed by atoms with van der Waals surface area (Å²) in [5.41, 5.74) is 1.21. The van der Waals surface area contributed by atoms with E-state index in [2.05, 4.69) is 0 Å². The Morgan fingerprint density at radius 2 is 2.17 bits per heavy atom. The van der Waals surface area contributed by atoms with Crippen molar-refractivity contribution in [2.75, 3.05) is 13.2 Å². The quantitative estimate of drug-likeness (QED) is 0.839. The van der Waals surface area contributed by atoms with Gasteiger partial charge in [0.05, 0.1) is 6.61 Å². The minimum atomic E-state index is -0.186. The topological polar surface area (TPSA) is 29.5 Å². The van der Waals surface area contributed by atoms with Gasteiger partial charge in [-0.25, -0.2) is 4.79 Å². The number of benzene rings is 1. The van der Waals surface area contributed by atoms with Crippen LogP contribution in [0.2, 0.25) is 5.02 Å². The molecule has 1 saturated heterocycles. The van der Waals surface area contributed by atoms with E-state index in [-0.39, 0.29) is 12.1 Å². The molecule has 0 bridgehead atoms. The molecular formula is C14H18ClNO2. The molecule has 0 spiro atoms. The van der Waals surface area contributed by atoms with Gasteiger partial charge in [0.15, 0.2) is 0 Å². The van der Waals surface area contributed by atoms with Crippen LogP contribution in [0.15, 0.2) is 24.3 Å². The highest BCUT2D eigenvalue weighted by Gasteiger charge is 2.29. The largest absolute Gasteiger partial charge is 0.450 e. The number of rotatable bonds is 3. The van der Waals surface area contributed by atoms with Crippen LogP contribution in [0.5, 0.6) is 0 Å². The van der Waals surface area contributed by atoms with E-state index in [1.165, 1.54) is 5.56 Å². The van der Waals surface area contributed by atoms with Crippen molar-refractivity contribution in [2.24, 2.45) is 0 Å². The van der Waals surface area contributed by atoms with Crippen LogP contribution in [0, 0.1) is 0 Å². The second-order valence-corrected chi connectivity index (χ2v) is 4.96. The lowest BCUT2D eigenvalue weighted by Crippen LogP contribution is -2.37. The van der Waals surface area contributed by atoms with E-state index in [4.69, 9.17) is 16.3 Å². The molecule has 1 atom stereocenters. The van der Waals surface area contributed by atoms with Gasteiger partial charge < -0.3 is 9.64 Å². The molecule has 1 unspecified atom stereocenters. The monoisotopic (exact) mass is 267 g/mol. The van der Waals surface area contributed by atoms with Gasteiger partial charge in [-0.05, 0) is 43.9 Å². The minimum absolute atomic E-state index is 0.186. The summed E-state index contributed by atoms with van der Waals surface area (Å²) in [6.07, 6.45) is 2.78. The first-order valence-corrected chi connectivity index (χ1v) is 6.76. The number of carbonyl (C=O) groups is 1. The fourth-order valence-corrected chi connectivity index (χ4v) is 2.51. The van der Waals surface area contributed by atoms with E-state index < -0.39 is 0 Å². The highest BCUT2D eigenvalue weighted by molar-refractivity contribution is 6.30. The van der Waals surface area contributed by atoms with Crippen LogP contribution in [0.1, 0.15) is 25.3 Å². The van der Waals surface area contributed by atoms with Crippen molar-refractivity contribution in [1.82, 2.24) is 4.90 Å². The summed E-state index contributed by atoms with van der Waals surface area (Å²) in [6, 6.07) is 8.07. The lowest BCUT2D eigenvalue weighted by Gasteiger charge is -2.23. The molecule has 1 amide bonds. The van der Waals surface area contributed by atoms with Gasteiger partial charge in [-0.2, -0.15) is 0 Å². The Kier molecular flexibility index (Phi) is 4.48. The van der Waals surface area contributed by atoms with Gasteiger partial charge >= 0.3 is 6.09 Å². The van der Waals surface area contributed by atoms with Gasteiger partial charge in [-0.1, -0.05) is 23.7 Å². The smallest absolute Gasteiger partial charge is 0.410 e. The third-order valence-electron chi connectivity index (χ3n) is 3.26. The zero-order valence-electron chi connectivity index (χ0n) is 10.6. The van der Waals surface area contributed by atoms with E-state index in [0.717, 1.165) is 30.8 Å². The maximum atomic E-state index is 11.8. The van der Waals surface area contributed by atoms with E-state index in [9.17, 15) is 4.79 Å². The molecule has 0 saturated carbocycles. The van der Waals surface area contributed by atoms with Crippen molar-refractivity contribution in [2.45, 2.75) is 32.2 Å². The molecule has 1 aliphatic heterocycles. The predicted molar refractivity (Wildman–Crippen MR) is 71.9 cm³/mol. The first-order chi connectivity index (χ1) is 8.70. The van der Waals surface area contributed by atoms with Crippen LogP contribution in [0.3, 0.4) is 0 Å². The summed E-state index contributed by atoms with van der Waals surface area (Å²) in [4.78, 5) is 13.6. The standard InChI is InChI=1S/C14H18ClNO2/c1-2-18-14(17)16-9-3-4-13(16)10-11-5-7-12(15)8-6-11/h5-8,13H,2-4,9-10H2,1H3. The third-order valence-corrected chi connectivity index (χ3v) is 3.52. The molecule has 0 N–H and O–H groups in total. The van der Waals surface area contributed by atoms with Crippen molar-refractivity contribution < 1.29 is 9.53 Å². The maximum absolute atomic E-state index is 11.8. The molecule has 2 rings (SSSR count). The molecule has 0 aromatic heterocycles. The lowest BCUT2D eigenvalue weighted by molar-refractivity contribution is 0.103. The number of likely N-dealkylation sites (tertiary alicyclic amines) is 1. The van der Waals surface area contributed by atoms with Crippen LogP contribution < -0.4 is 0 Å². The highest BCUT2D eigenvalue weighted by Crippen LogP contribution is 2.22. The number of ether oxygens (including phenoxy) is 1. The Bertz CT molecular complexity index is 405. The maximum Gasteiger partial charge on any atom is 0.410 e. The number of hydrogen-bond acceptors (Lipinski definition) is 2. The first kappa shape index (κ1) is 13.2. The Hall–Kier alpha value is -1.22. The molecule has 1 fully saturated rings. The van der Waals surface area contributed by atoms with Gasteiger partial charge in [0.1, 0.15) is 0 Å². The molecule has 0 radical (unpaired) electrons. The van der Waals surface area contributed by atoms with Gasteiger partial charge in [0.25, 0.3) is 0 Å². The molecule has 18 heavy (non-hydrogen) atoms. The first-order valence-electron chi connectivity index (χ1n) is 6.38. The zero-order chi connectivity index (χ0) is 13.0. The van der Waals surface area contributed by atoms with Crippen LogP contribution in [-0.2, 0) is 11.2 Å². The highest BCUT2D eigenvalue weighted by atomic mass is 35.5. The van der Waals surface area contributed by atoms with Crippen LogP contribution in [0.4, 0.5) is 4.79 Å². The van der Waals surface area contributed by atoms with Crippen molar-refractivity contribution in [3.05, 3.63) is 34.9 Å². The van der Waals surface area contributed by atoms with Crippen molar-refractivity contribution in [3.8, 4) is 0 Å². The fraction of sp³-hybridized carbons (Fsp3) is 0.500. The number of halogens is 1. The van der Waals surface area contributed by atoms with Crippen LogP contribution in [0.25, 0.3) is 0 Å². The van der Waals surface area contributed by atoms with E-state index in [1.807, 2.05) is 36.1 Å². The number of carbonyl (C=O) groups excluding carboxylic acids is 1. The number of nitrogens with zero attached hydrogens (tertiary/aromatic N) is 1. The van der Waals surface area contributed by atoms with Crippen molar-refractivity contribution in [1.29, 1.82) is 0 Å². The zero-order valence-corrected chi connectivity index (χ0v) is 11.3. The SMILES string of the molecule is CCOC(=O)N1CCCC1Cc1ccc(Cl)cc1. The van der Waals surface area contributed by atoms with Crippen LogP contribution in [-0.4, -0.2) is 30.2 Å². The van der Waals surface area contributed by atoms with E-state index >= 15 is 0 Å². The average Bonchev–Trinajstić information content (AvgIpc) is 2.81. The average molecular weight is 268 g/mol. The summed E-state index contributed by atoms with van der Waals surface area (Å²) in [5.74, 6) is 0. The molecule has 3 nitrogen and oxygen atoms in total. The van der Waals surface area contributed by atoms with Gasteiger partial charge in [-0.3, -0.25) is 0 Å². The molecule has 98 valence electrons. The van der Waals surface area contributed by atoms with Crippen molar-refractivity contribution in [3.63, 3.8) is 0 Å². The molecule has 0 aliphatic carbocycles. The van der Waals surface area contributed by atoms with Gasteiger partial charge in [-0.15, -0.1) is 0 Å². The van der Waals surface area contributed by atoms with Crippen LogP contribution >= 0.6 is 11.6 Å². The molecule has 1 aliphatic rings. The second-order valence-electron chi connectivity index (χ2n) is 4.52. The van der Waals surface area contributed by atoms with Gasteiger partial charge in [0.2, 0.25) is 0 Å². The van der Waals surface area contributed by atoms with Gasteiger partial charge in [0, 0.05) is 17.6 Å². The van der Waals surface area contributed by atoms with Crippen molar-refractivity contribution >= 4 is 17.7 Å². The molecular weight excluding hydrogens is 250 g/mol. The second kappa shape index (κ2) is 6.10. The summed E-state index contributed by atoms with van der Waals surface area (Å²) in [7, 11) is 0. The Morgan fingerprint density at radius 3 is 2.83 bits per heavy atom. The molecule has 1 aromatic rings. The summed E-state index contributed by atoms with van der Waals surface area (Å²) in [6.45, 7) is 3.07. The Balaban J connectivity index is 1.99. The lowest BCUT2D eigenvalue weighted by atomic mass is 10.0. The summed E-state index contributed by atoms with van der Waals surface area (Å²) >= 11 is 5.86. The minimum Gasteiger partial charge on any atom is -0.450 e. The number of hydrogen-bond donors (Lipinski definition) is 0. The molecule has 4 heteroatoms. The summed E-state index contributed by atoms with van der Waals surface area (Å²) < 4.78 is 5.08. The summed E-state index contributed by atoms with van der Waals surface area (Å²) in [5, 5.41) is 0.743. The fourth-order valence-electron chi connectivity index (χ4n) is 2.39.